The quantitative estimate of drug-likeness (QED) is 0.911. The molecule has 19 heavy (non-hydrogen) atoms. The summed E-state index contributed by atoms with van der Waals surface area (Å²) in [5.41, 5.74) is 0.888. The van der Waals surface area contributed by atoms with Crippen molar-refractivity contribution in [1.82, 2.24) is 4.98 Å². The summed E-state index contributed by atoms with van der Waals surface area (Å²) in [7, 11) is 0. The first-order chi connectivity index (χ1) is 9.06. The van der Waals surface area contributed by atoms with E-state index < -0.39 is 11.2 Å². The van der Waals surface area contributed by atoms with Gasteiger partial charge < -0.3 is 9.52 Å². The Morgan fingerprint density at radius 1 is 1.47 bits per heavy atom. The highest BCUT2D eigenvalue weighted by Crippen LogP contribution is 2.24. The molecule has 0 aliphatic rings. The molecule has 0 fully saturated rings. The highest BCUT2D eigenvalue weighted by atomic mass is 35.5. The van der Waals surface area contributed by atoms with E-state index in [1.807, 2.05) is 12.1 Å². The molecule has 1 aromatic carbocycles. The van der Waals surface area contributed by atoms with E-state index in [-0.39, 0.29) is 0 Å². The van der Waals surface area contributed by atoms with Gasteiger partial charge in [0, 0.05) is 10.6 Å². The second-order valence-electron chi connectivity index (χ2n) is 3.92. The van der Waals surface area contributed by atoms with Gasteiger partial charge in [-0.15, -0.1) is 11.8 Å². The van der Waals surface area contributed by atoms with E-state index >= 15 is 0 Å². The lowest BCUT2D eigenvalue weighted by atomic mass is 10.2. The summed E-state index contributed by atoms with van der Waals surface area (Å²) in [5.74, 6) is 0.758. The average molecular weight is 298 g/mol. The number of nitrogens with zero attached hydrogens (tertiary/aromatic N) is 1. The number of hydrogen-bond donors (Lipinski definition) is 1. The van der Waals surface area contributed by atoms with Gasteiger partial charge in [0.1, 0.15) is 0 Å². The molecule has 0 aliphatic carbocycles. The van der Waals surface area contributed by atoms with Crippen molar-refractivity contribution in [1.29, 1.82) is 0 Å². The Balaban J connectivity index is 2.03. The lowest BCUT2D eigenvalue weighted by molar-refractivity contribution is -0.136. The van der Waals surface area contributed by atoms with E-state index in [2.05, 4.69) is 4.98 Å². The monoisotopic (exact) mass is 297 g/mol. The van der Waals surface area contributed by atoms with Crippen LogP contribution in [0.3, 0.4) is 0 Å². The lowest BCUT2D eigenvalue weighted by Crippen LogP contribution is -2.11. The van der Waals surface area contributed by atoms with E-state index in [0.717, 1.165) is 5.56 Å². The van der Waals surface area contributed by atoms with Gasteiger partial charge in [-0.05, 0) is 31.2 Å². The molecule has 0 bridgehead atoms. The van der Waals surface area contributed by atoms with Gasteiger partial charge in [-0.3, -0.25) is 4.79 Å². The van der Waals surface area contributed by atoms with Crippen molar-refractivity contribution in [2.45, 2.75) is 17.9 Å². The molecule has 1 aromatic heterocycles. The van der Waals surface area contributed by atoms with Crippen molar-refractivity contribution in [2.75, 3.05) is 0 Å². The predicted octanol–water partition coefficient (Wildman–Crippen LogP) is 3.70. The largest absolute Gasteiger partial charge is 0.480 e. The van der Waals surface area contributed by atoms with Crippen molar-refractivity contribution < 1.29 is 14.3 Å². The number of halogens is 1. The second kappa shape index (κ2) is 6.12. The minimum absolute atomic E-state index is 0.432. The van der Waals surface area contributed by atoms with Crippen molar-refractivity contribution in [3.05, 3.63) is 41.4 Å². The number of benzene rings is 1. The zero-order chi connectivity index (χ0) is 13.8. The summed E-state index contributed by atoms with van der Waals surface area (Å²) in [5, 5.41) is 8.97. The van der Waals surface area contributed by atoms with E-state index in [0.29, 0.717) is 22.4 Å². The fourth-order valence-electron chi connectivity index (χ4n) is 1.39. The normalized spacial score (nSPS) is 12.3. The summed E-state index contributed by atoms with van der Waals surface area (Å²) in [4.78, 5) is 14.8. The summed E-state index contributed by atoms with van der Waals surface area (Å²) in [6.07, 6.45) is 1.63. The number of oxazole rings is 1. The van der Waals surface area contributed by atoms with E-state index in [9.17, 15) is 4.79 Å². The van der Waals surface area contributed by atoms with Gasteiger partial charge in [-0.2, -0.15) is 0 Å². The van der Waals surface area contributed by atoms with Crippen molar-refractivity contribution in [3.63, 3.8) is 0 Å². The number of hydrogen-bond acceptors (Lipinski definition) is 4. The second-order valence-corrected chi connectivity index (χ2v) is 5.68. The molecule has 1 heterocycles. The lowest BCUT2D eigenvalue weighted by Gasteiger charge is -2.02. The third-order valence-electron chi connectivity index (χ3n) is 2.49. The molecule has 0 spiro atoms. The highest BCUT2D eigenvalue weighted by molar-refractivity contribution is 7.99. The third kappa shape index (κ3) is 3.75. The first kappa shape index (κ1) is 14.0. The smallest absolute Gasteiger partial charge is 0.316 e. The number of rotatable bonds is 5. The Bertz CT molecular complexity index is 568. The number of thioether (sulfide) groups is 1. The minimum Gasteiger partial charge on any atom is -0.480 e. The van der Waals surface area contributed by atoms with Crippen LogP contribution in [0.15, 0.2) is 34.9 Å². The number of carboxylic acid groups (broad SMARTS) is 1. The van der Waals surface area contributed by atoms with Crippen LogP contribution >= 0.6 is 23.4 Å². The predicted molar refractivity (Wildman–Crippen MR) is 75.3 cm³/mol. The molecular weight excluding hydrogens is 286 g/mol. The molecule has 2 aromatic rings. The van der Waals surface area contributed by atoms with Crippen LogP contribution in [0.1, 0.15) is 12.8 Å². The van der Waals surface area contributed by atoms with Crippen LogP contribution in [0.5, 0.6) is 0 Å². The standard InChI is InChI=1S/C13H12ClNO3S/c1-8(13(16)17)19-7-12-15-6-11(18-12)9-2-4-10(14)5-3-9/h2-6,8H,7H2,1H3,(H,16,17)/t8-/m0/s1. The summed E-state index contributed by atoms with van der Waals surface area (Å²) >= 11 is 7.09. The maximum atomic E-state index is 10.7. The van der Waals surface area contributed by atoms with Crippen LogP contribution in [0.4, 0.5) is 0 Å². The van der Waals surface area contributed by atoms with E-state index in [1.54, 1.807) is 25.3 Å². The molecule has 1 N–H and O–H groups in total. The first-order valence-corrected chi connectivity index (χ1v) is 7.04. The Kier molecular flexibility index (Phi) is 4.50. The molecule has 0 saturated carbocycles. The van der Waals surface area contributed by atoms with Gasteiger partial charge in [0.05, 0.1) is 17.2 Å². The number of carbonyl (C=O) groups is 1. The topological polar surface area (TPSA) is 63.3 Å². The Morgan fingerprint density at radius 2 is 2.16 bits per heavy atom. The van der Waals surface area contributed by atoms with Gasteiger partial charge >= 0.3 is 5.97 Å². The zero-order valence-corrected chi connectivity index (χ0v) is 11.7. The van der Waals surface area contributed by atoms with Crippen molar-refractivity contribution in [3.8, 4) is 11.3 Å². The molecule has 6 heteroatoms. The molecule has 4 nitrogen and oxygen atoms in total. The van der Waals surface area contributed by atoms with Crippen LogP contribution in [0.25, 0.3) is 11.3 Å². The number of aliphatic carboxylic acids is 1. The molecule has 0 amide bonds. The minimum atomic E-state index is -0.838. The van der Waals surface area contributed by atoms with Gasteiger partial charge in [0.2, 0.25) is 5.89 Å². The summed E-state index contributed by atoms with van der Waals surface area (Å²) in [6, 6.07) is 7.25. The van der Waals surface area contributed by atoms with Gasteiger partial charge in [-0.25, -0.2) is 4.98 Å². The van der Waals surface area contributed by atoms with Crippen LogP contribution < -0.4 is 0 Å². The maximum Gasteiger partial charge on any atom is 0.316 e. The summed E-state index contributed by atoms with van der Waals surface area (Å²) < 4.78 is 5.57. The van der Waals surface area contributed by atoms with Crippen LogP contribution in [0, 0.1) is 0 Å². The molecule has 2 rings (SSSR count). The van der Waals surface area contributed by atoms with Gasteiger partial charge in [0.25, 0.3) is 0 Å². The zero-order valence-electron chi connectivity index (χ0n) is 10.2. The fourth-order valence-corrected chi connectivity index (χ4v) is 2.19. The van der Waals surface area contributed by atoms with E-state index in [1.165, 1.54) is 11.8 Å². The fraction of sp³-hybridized carbons (Fsp3) is 0.231. The molecule has 100 valence electrons. The Morgan fingerprint density at radius 3 is 2.79 bits per heavy atom. The highest BCUT2D eigenvalue weighted by Gasteiger charge is 2.13. The van der Waals surface area contributed by atoms with Crippen LogP contribution in [-0.2, 0) is 10.5 Å². The average Bonchev–Trinajstić information content (AvgIpc) is 2.85. The summed E-state index contributed by atoms with van der Waals surface area (Å²) in [6.45, 7) is 1.63. The van der Waals surface area contributed by atoms with Gasteiger partial charge in [-0.1, -0.05) is 11.6 Å². The van der Waals surface area contributed by atoms with Crippen molar-refractivity contribution >= 4 is 29.3 Å². The van der Waals surface area contributed by atoms with Crippen molar-refractivity contribution in [2.24, 2.45) is 0 Å². The molecular formula is C13H12ClNO3S. The number of aromatic nitrogens is 1. The van der Waals surface area contributed by atoms with Crippen LogP contribution in [0.2, 0.25) is 5.02 Å². The Hall–Kier alpha value is -1.46. The molecule has 0 radical (unpaired) electrons. The third-order valence-corrected chi connectivity index (χ3v) is 3.85. The maximum absolute atomic E-state index is 10.7. The van der Waals surface area contributed by atoms with E-state index in [4.69, 9.17) is 21.1 Å². The molecule has 0 saturated heterocycles. The molecule has 0 unspecified atom stereocenters. The van der Waals surface area contributed by atoms with Gasteiger partial charge in [0.15, 0.2) is 5.76 Å². The molecule has 1 atom stereocenters. The van der Waals surface area contributed by atoms with Crippen LogP contribution in [-0.4, -0.2) is 21.3 Å². The Labute approximate surface area is 119 Å². The SMILES string of the molecule is C[C@H](SCc1ncc(-c2ccc(Cl)cc2)o1)C(=O)O. The first-order valence-electron chi connectivity index (χ1n) is 5.61. The molecule has 0 aliphatic heterocycles. The number of carboxylic acids is 1.